The molecule has 0 unspecified atom stereocenters. The first-order valence-corrected chi connectivity index (χ1v) is 9.12. The molecule has 0 saturated heterocycles. The minimum absolute atomic E-state index is 0.0823. The fraction of sp³-hybridized carbons (Fsp3) is 0.0500. The molecule has 0 atom stereocenters. The molecule has 0 saturated carbocycles. The Balaban J connectivity index is 1.52. The van der Waals surface area contributed by atoms with Gasteiger partial charge in [0.15, 0.2) is 11.6 Å². The lowest BCUT2D eigenvalue weighted by atomic mass is 10.2. The molecule has 1 aromatic heterocycles. The van der Waals surface area contributed by atoms with E-state index in [0.29, 0.717) is 11.6 Å². The molecule has 3 rings (SSSR count). The van der Waals surface area contributed by atoms with Crippen molar-refractivity contribution in [3.8, 4) is 11.6 Å². The summed E-state index contributed by atoms with van der Waals surface area (Å²) in [6, 6.07) is 13.2. The van der Waals surface area contributed by atoms with E-state index in [4.69, 9.17) is 4.74 Å². The molecule has 0 radical (unpaired) electrons. The van der Waals surface area contributed by atoms with Crippen LogP contribution in [-0.4, -0.2) is 23.3 Å². The number of carbonyl (C=O) groups excluding carboxylic acids is 2. The van der Waals surface area contributed by atoms with Crippen LogP contribution < -0.4 is 15.4 Å². The molecule has 3 aromatic rings. The summed E-state index contributed by atoms with van der Waals surface area (Å²) < 4.78 is 32.5. The molecule has 29 heavy (non-hydrogen) atoms. The molecule has 0 bridgehead atoms. The quantitative estimate of drug-likeness (QED) is 0.573. The summed E-state index contributed by atoms with van der Waals surface area (Å²) in [5.41, 5.74) is 0.311. The zero-order valence-electron chi connectivity index (χ0n) is 14.8. The van der Waals surface area contributed by atoms with Crippen molar-refractivity contribution in [3.63, 3.8) is 0 Å². The third-order valence-corrected chi connectivity index (χ3v) is 4.12. The molecule has 1 heterocycles. The number of hydrogen-bond acceptors (Lipinski definition) is 4. The van der Waals surface area contributed by atoms with Crippen molar-refractivity contribution in [1.82, 2.24) is 10.3 Å². The Hall–Kier alpha value is -3.33. The van der Waals surface area contributed by atoms with Gasteiger partial charge < -0.3 is 15.4 Å². The number of carbonyl (C=O) groups is 2. The molecule has 2 amide bonds. The van der Waals surface area contributed by atoms with Crippen LogP contribution >= 0.6 is 15.9 Å². The number of rotatable bonds is 6. The Morgan fingerprint density at radius 2 is 1.86 bits per heavy atom. The number of halogens is 3. The number of amides is 2. The van der Waals surface area contributed by atoms with Crippen LogP contribution in [0.4, 0.5) is 14.5 Å². The molecule has 9 heteroatoms. The van der Waals surface area contributed by atoms with E-state index >= 15 is 0 Å². The van der Waals surface area contributed by atoms with E-state index in [1.807, 2.05) is 12.1 Å². The Labute approximate surface area is 173 Å². The normalized spacial score (nSPS) is 10.3. The summed E-state index contributed by atoms with van der Waals surface area (Å²) in [5.74, 6) is -2.33. The maximum Gasteiger partial charge on any atom is 0.253 e. The highest BCUT2D eigenvalue weighted by atomic mass is 79.9. The minimum Gasteiger partial charge on any atom is -0.439 e. The second kappa shape index (κ2) is 9.24. The predicted octanol–water partition coefficient (Wildman–Crippen LogP) is 4.28. The van der Waals surface area contributed by atoms with Gasteiger partial charge >= 0.3 is 0 Å². The van der Waals surface area contributed by atoms with Crippen LogP contribution in [0.15, 0.2) is 65.3 Å². The van der Waals surface area contributed by atoms with E-state index in [9.17, 15) is 18.4 Å². The van der Waals surface area contributed by atoms with Gasteiger partial charge in [-0.05, 0) is 36.4 Å². The second-order valence-corrected chi connectivity index (χ2v) is 6.72. The maximum atomic E-state index is 13.1. The Morgan fingerprint density at radius 1 is 1.03 bits per heavy atom. The summed E-state index contributed by atoms with van der Waals surface area (Å²) in [6.07, 6.45) is 1.32. The molecule has 0 aliphatic heterocycles. The fourth-order valence-corrected chi connectivity index (χ4v) is 2.65. The van der Waals surface area contributed by atoms with Crippen molar-refractivity contribution in [3.05, 3.63) is 82.5 Å². The highest BCUT2D eigenvalue weighted by molar-refractivity contribution is 9.10. The Bertz CT molecular complexity index is 1050. The van der Waals surface area contributed by atoms with Crippen molar-refractivity contribution in [2.45, 2.75) is 0 Å². The first-order valence-electron chi connectivity index (χ1n) is 8.33. The maximum absolute atomic E-state index is 13.1. The van der Waals surface area contributed by atoms with Crippen LogP contribution in [0.2, 0.25) is 0 Å². The number of ether oxygens (including phenoxy) is 1. The van der Waals surface area contributed by atoms with E-state index in [1.165, 1.54) is 24.4 Å². The van der Waals surface area contributed by atoms with Gasteiger partial charge in [0, 0.05) is 28.5 Å². The van der Waals surface area contributed by atoms with Crippen LogP contribution in [-0.2, 0) is 4.79 Å². The molecule has 0 aliphatic rings. The number of aromatic nitrogens is 1. The molecule has 2 N–H and O–H groups in total. The van der Waals surface area contributed by atoms with E-state index in [2.05, 4.69) is 31.5 Å². The van der Waals surface area contributed by atoms with Gasteiger partial charge in [-0.3, -0.25) is 9.59 Å². The van der Waals surface area contributed by atoms with Crippen LogP contribution in [0.3, 0.4) is 0 Å². The summed E-state index contributed by atoms with van der Waals surface area (Å²) in [7, 11) is 0. The highest BCUT2D eigenvalue weighted by Crippen LogP contribution is 2.23. The number of anilines is 1. The highest BCUT2D eigenvalue weighted by Gasteiger charge is 2.11. The molecule has 148 valence electrons. The summed E-state index contributed by atoms with van der Waals surface area (Å²) >= 11 is 3.34. The van der Waals surface area contributed by atoms with Crippen molar-refractivity contribution in [2.24, 2.45) is 0 Å². The van der Waals surface area contributed by atoms with Crippen molar-refractivity contribution >= 4 is 33.4 Å². The first-order chi connectivity index (χ1) is 13.9. The van der Waals surface area contributed by atoms with Crippen molar-refractivity contribution in [1.29, 1.82) is 0 Å². The zero-order valence-corrected chi connectivity index (χ0v) is 16.4. The SMILES string of the molecule is O=C(CNC(=O)c1ccc(Oc2cccc(Br)c2)nc1)Nc1ccc(F)c(F)c1. The monoisotopic (exact) mass is 461 g/mol. The lowest BCUT2D eigenvalue weighted by Crippen LogP contribution is -2.32. The number of hydrogen-bond donors (Lipinski definition) is 2. The van der Waals surface area contributed by atoms with Gasteiger partial charge in [0.1, 0.15) is 5.75 Å². The van der Waals surface area contributed by atoms with Crippen LogP contribution in [0.1, 0.15) is 10.4 Å². The van der Waals surface area contributed by atoms with E-state index in [1.54, 1.807) is 12.1 Å². The number of nitrogens with one attached hydrogen (secondary N) is 2. The van der Waals surface area contributed by atoms with Crippen LogP contribution in [0.25, 0.3) is 0 Å². The van der Waals surface area contributed by atoms with E-state index in [-0.39, 0.29) is 17.8 Å². The summed E-state index contributed by atoms with van der Waals surface area (Å²) in [5, 5.41) is 4.77. The molecular weight excluding hydrogens is 448 g/mol. The van der Waals surface area contributed by atoms with Gasteiger partial charge in [-0.15, -0.1) is 0 Å². The summed E-state index contributed by atoms with van der Waals surface area (Å²) in [6.45, 7) is -0.353. The van der Waals surface area contributed by atoms with E-state index in [0.717, 1.165) is 16.6 Å². The molecule has 0 aliphatic carbocycles. The molecule has 0 spiro atoms. The topological polar surface area (TPSA) is 80.3 Å². The second-order valence-electron chi connectivity index (χ2n) is 5.80. The van der Waals surface area contributed by atoms with Gasteiger partial charge in [0.05, 0.1) is 12.1 Å². The number of pyridine rings is 1. The van der Waals surface area contributed by atoms with Gasteiger partial charge in [-0.1, -0.05) is 22.0 Å². The standard InChI is InChI=1S/C20H14BrF2N3O3/c21-13-2-1-3-15(8-13)29-19-7-4-12(10-24-19)20(28)25-11-18(27)26-14-5-6-16(22)17(23)9-14/h1-10H,11H2,(H,25,28)(H,26,27). The smallest absolute Gasteiger partial charge is 0.253 e. The predicted molar refractivity (Wildman–Crippen MR) is 106 cm³/mol. The minimum atomic E-state index is -1.08. The lowest BCUT2D eigenvalue weighted by Gasteiger charge is -2.08. The third kappa shape index (κ3) is 5.82. The van der Waals surface area contributed by atoms with Gasteiger partial charge in [-0.25, -0.2) is 13.8 Å². The Morgan fingerprint density at radius 3 is 2.55 bits per heavy atom. The molecule has 2 aromatic carbocycles. The lowest BCUT2D eigenvalue weighted by molar-refractivity contribution is -0.115. The van der Waals surface area contributed by atoms with Crippen LogP contribution in [0, 0.1) is 11.6 Å². The average molecular weight is 462 g/mol. The molecule has 0 fully saturated rings. The molecule has 6 nitrogen and oxygen atoms in total. The van der Waals surface area contributed by atoms with Crippen molar-refractivity contribution < 1.29 is 23.1 Å². The van der Waals surface area contributed by atoms with Crippen LogP contribution in [0.5, 0.6) is 11.6 Å². The van der Waals surface area contributed by atoms with Gasteiger partial charge in [-0.2, -0.15) is 0 Å². The fourth-order valence-electron chi connectivity index (χ4n) is 2.27. The first kappa shape index (κ1) is 20.4. The van der Waals surface area contributed by atoms with Gasteiger partial charge in [0.2, 0.25) is 11.8 Å². The summed E-state index contributed by atoms with van der Waals surface area (Å²) in [4.78, 5) is 28.0. The van der Waals surface area contributed by atoms with E-state index < -0.39 is 23.4 Å². The van der Waals surface area contributed by atoms with Crippen molar-refractivity contribution in [2.75, 3.05) is 11.9 Å². The largest absolute Gasteiger partial charge is 0.439 e. The third-order valence-electron chi connectivity index (χ3n) is 3.63. The van der Waals surface area contributed by atoms with Gasteiger partial charge in [0.25, 0.3) is 5.91 Å². The Kier molecular flexibility index (Phi) is 6.50. The zero-order chi connectivity index (χ0) is 20.8. The number of benzene rings is 2. The number of nitrogens with zero attached hydrogens (tertiary/aromatic N) is 1. The molecular formula is C20H14BrF2N3O3. The average Bonchev–Trinajstić information content (AvgIpc) is 2.69.